The molecule has 4 atom stereocenters. The lowest BCUT2D eigenvalue weighted by atomic mass is 10.1. The van der Waals surface area contributed by atoms with E-state index < -0.39 is 0 Å². The summed E-state index contributed by atoms with van der Waals surface area (Å²) >= 11 is 0. The van der Waals surface area contributed by atoms with Crippen molar-refractivity contribution < 1.29 is 28.5 Å². The molecule has 4 heterocycles. The summed E-state index contributed by atoms with van der Waals surface area (Å²) < 4.78 is 23.4. The number of ether oxygens (including phenoxy) is 4. The van der Waals surface area contributed by atoms with Gasteiger partial charge in [-0.2, -0.15) is 0 Å². The molecule has 0 aromatic heterocycles. The number of unbranched alkanes of at least 4 members (excludes halogenated alkanes) is 2. The fourth-order valence-corrected chi connectivity index (χ4v) is 6.48. The van der Waals surface area contributed by atoms with Crippen LogP contribution in [-0.4, -0.2) is 98.9 Å². The predicted molar refractivity (Wildman–Crippen MR) is 173 cm³/mol. The van der Waals surface area contributed by atoms with Gasteiger partial charge >= 0.3 is 0 Å². The number of fused-ring (bicyclic) bond motifs is 4. The summed E-state index contributed by atoms with van der Waals surface area (Å²) in [7, 11) is 3.18. The smallest absolute Gasteiger partial charge is 0.257 e. The average Bonchev–Trinajstić information content (AvgIpc) is 3.53. The van der Waals surface area contributed by atoms with Crippen molar-refractivity contribution in [2.24, 2.45) is 9.98 Å². The molecule has 0 aliphatic carbocycles. The molecule has 2 fully saturated rings. The second-order valence-electron chi connectivity index (χ2n) is 11.5. The number of carbonyl (C=O) groups is 2. The van der Waals surface area contributed by atoms with Crippen LogP contribution in [0.4, 0.5) is 11.4 Å². The molecule has 0 bridgehead atoms. The van der Waals surface area contributed by atoms with Crippen molar-refractivity contribution in [3.8, 4) is 11.5 Å². The number of aliphatic imine (C=N–C) groups is 2. The van der Waals surface area contributed by atoms with Crippen molar-refractivity contribution in [3.05, 3.63) is 70.8 Å². The van der Waals surface area contributed by atoms with Crippen LogP contribution in [0.1, 0.15) is 53.8 Å². The zero-order valence-electron chi connectivity index (χ0n) is 26.3. The molecular weight excluding hydrogens is 572 g/mol. The summed E-state index contributed by atoms with van der Waals surface area (Å²) in [6.07, 6.45) is 9.95. The molecule has 6 rings (SSSR count). The lowest BCUT2D eigenvalue weighted by molar-refractivity contribution is 0.0438. The number of allylic oxidation sites excluding steroid dienone is 2. The summed E-state index contributed by atoms with van der Waals surface area (Å²) in [6, 6.07) is 10.3. The molecule has 2 saturated heterocycles. The van der Waals surface area contributed by atoms with Crippen LogP contribution in [0.15, 0.2) is 69.7 Å². The first-order valence-corrected chi connectivity index (χ1v) is 15.6. The number of carbonyl (C=O) groups excluding carboxylic acids is 2. The molecule has 236 valence electrons. The molecule has 2 aromatic carbocycles. The Hall–Kier alpha value is -4.28. The van der Waals surface area contributed by atoms with E-state index in [2.05, 4.69) is 9.98 Å². The molecular formula is C35H40N4O6. The molecule has 45 heavy (non-hydrogen) atoms. The summed E-state index contributed by atoms with van der Waals surface area (Å²) in [5, 5.41) is 0. The van der Waals surface area contributed by atoms with E-state index in [9.17, 15) is 9.59 Å². The highest BCUT2D eigenvalue weighted by Crippen LogP contribution is 2.36. The van der Waals surface area contributed by atoms with Crippen molar-refractivity contribution in [1.29, 1.82) is 0 Å². The maximum Gasteiger partial charge on any atom is 0.257 e. The van der Waals surface area contributed by atoms with Gasteiger partial charge in [0.2, 0.25) is 0 Å². The molecule has 2 unspecified atom stereocenters. The third kappa shape index (κ3) is 5.92. The molecule has 2 amide bonds. The monoisotopic (exact) mass is 612 g/mol. The molecule has 4 aliphatic heterocycles. The van der Waals surface area contributed by atoms with E-state index >= 15 is 0 Å². The summed E-state index contributed by atoms with van der Waals surface area (Å²) in [5.41, 5.74) is 4.54. The Morgan fingerprint density at radius 2 is 1.16 bits per heavy atom. The Morgan fingerprint density at radius 1 is 0.711 bits per heavy atom. The molecule has 0 spiro atoms. The molecule has 10 nitrogen and oxygen atoms in total. The van der Waals surface area contributed by atoms with Gasteiger partial charge in [0, 0.05) is 38.7 Å². The van der Waals surface area contributed by atoms with E-state index in [0.29, 0.717) is 60.3 Å². The van der Waals surface area contributed by atoms with Gasteiger partial charge in [-0.05, 0) is 80.7 Å². The van der Waals surface area contributed by atoms with Gasteiger partial charge in [-0.25, -0.2) is 0 Å². The minimum Gasteiger partial charge on any atom is -0.497 e. The number of hydrogen-bond acceptors (Lipinski definition) is 8. The van der Waals surface area contributed by atoms with Gasteiger partial charge in [0.1, 0.15) is 23.7 Å². The predicted octanol–water partition coefficient (Wildman–Crippen LogP) is 5.32. The van der Waals surface area contributed by atoms with Crippen molar-refractivity contribution in [3.63, 3.8) is 0 Å². The normalized spacial score (nSPS) is 25.2. The van der Waals surface area contributed by atoms with E-state index in [4.69, 9.17) is 18.9 Å². The van der Waals surface area contributed by atoms with Crippen LogP contribution in [0.5, 0.6) is 11.5 Å². The molecule has 0 N–H and O–H groups in total. The van der Waals surface area contributed by atoms with Crippen molar-refractivity contribution in [2.45, 2.75) is 57.4 Å². The van der Waals surface area contributed by atoms with Gasteiger partial charge in [0.05, 0.1) is 48.8 Å². The van der Waals surface area contributed by atoms with E-state index in [-0.39, 0.29) is 36.1 Å². The summed E-state index contributed by atoms with van der Waals surface area (Å²) in [5.74, 6) is 1.13. The number of methoxy groups -OCH3 is 2. The molecule has 0 saturated carbocycles. The van der Waals surface area contributed by atoms with Crippen LogP contribution in [0.3, 0.4) is 0 Å². The zero-order chi connectivity index (χ0) is 31.5. The molecule has 0 radical (unpaired) electrons. The average molecular weight is 613 g/mol. The van der Waals surface area contributed by atoms with Crippen LogP contribution in [-0.2, 0) is 9.47 Å². The highest BCUT2D eigenvalue weighted by Gasteiger charge is 2.43. The fraction of sp³-hybridized carbons (Fsp3) is 0.429. The third-order valence-electron chi connectivity index (χ3n) is 9.02. The van der Waals surface area contributed by atoms with E-state index in [1.165, 1.54) is 0 Å². The Bertz CT molecular complexity index is 1460. The first-order valence-electron chi connectivity index (χ1n) is 15.6. The van der Waals surface area contributed by atoms with Crippen molar-refractivity contribution >= 4 is 35.6 Å². The maximum atomic E-state index is 13.5. The topological polar surface area (TPSA) is 102 Å². The number of rotatable bonds is 10. The van der Waals surface area contributed by atoms with Gasteiger partial charge in [-0.1, -0.05) is 12.2 Å². The van der Waals surface area contributed by atoms with Gasteiger partial charge in [0.25, 0.3) is 11.8 Å². The third-order valence-corrected chi connectivity index (χ3v) is 9.02. The molecule has 10 heteroatoms. The van der Waals surface area contributed by atoms with Crippen LogP contribution < -0.4 is 9.47 Å². The van der Waals surface area contributed by atoms with Crippen molar-refractivity contribution in [1.82, 2.24) is 9.80 Å². The fourth-order valence-electron chi connectivity index (χ4n) is 6.48. The van der Waals surface area contributed by atoms with Gasteiger partial charge in [0.15, 0.2) is 0 Å². The Labute approximate surface area is 264 Å². The number of nitrogens with zero attached hydrogens (tertiary/aromatic N) is 4. The van der Waals surface area contributed by atoms with Gasteiger partial charge < -0.3 is 28.7 Å². The molecule has 2 aromatic rings. The SMILES string of the molecule is CC=C1CN2C(=O)c3cc(OC)ccc3N=C[C@@H]2C1OCCCCCOC1C(=CC)CN2C(=O)c3cc(OC)ccc3N=C[C@H]12. The van der Waals surface area contributed by atoms with Gasteiger partial charge in [-0.15, -0.1) is 0 Å². The largest absolute Gasteiger partial charge is 0.497 e. The second kappa shape index (κ2) is 13.4. The van der Waals surface area contributed by atoms with E-state index in [1.807, 2.05) is 72.5 Å². The second-order valence-corrected chi connectivity index (χ2v) is 11.5. The summed E-state index contributed by atoms with van der Waals surface area (Å²) in [4.78, 5) is 39.9. The number of hydrogen-bond donors (Lipinski definition) is 0. The van der Waals surface area contributed by atoms with E-state index in [0.717, 1.165) is 30.4 Å². The Balaban J connectivity index is 1.00. The van der Waals surface area contributed by atoms with Crippen LogP contribution >= 0.6 is 0 Å². The Kier molecular flexibility index (Phi) is 9.14. The van der Waals surface area contributed by atoms with Crippen LogP contribution in [0.25, 0.3) is 0 Å². The Morgan fingerprint density at radius 3 is 1.56 bits per heavy atom. The quantitative estimate of drug-likeness (QED) is 0.266. The highest BCUT2D eigenvalue weighted by molar-refractivity contribution is 6.04. The minimum absolute atomic E-state index is 0.0657. The first-order chi connectivity index (χ1) is 22.0. The lowest BCUT2D eigenvalue weighted by Crippen LogP contribution is -2.41. The van der Waals surface area contributed by atoms with Crippen molar-refractivity contribution in [2.75, 3.05) is 40.5 Å². The number of benzene rings is 2. The lowest BCUT2D eigenvalue weighted by Gasteiger charge is -2.24. The van der Waals surface area contributed by atoms with E-state index in [1.54, 1.807) is 26.4 Å². The summed E-state index contributed by atoms with van der Waals surface area (Å²) in [6.45, 7) is 6.13. The standard InChI is InChI=1S/C35H40N4O6/c1-5-22-20-38-30(18-36-28-12-10-24(42-3)16-26(28)34(38)40)32(22)44-14-8-7-9-15-45-33-23(6-2)21-39-31(33)19-37-29-13-11-25(43-4)17-27(29)35(39)41/h5-6,10-13,16-19,30-33H,7-9,14-15,20-21H2,1-4H3/t30-,31-,32?,33?/m1/s1. The first kappa shape index (κ1) is 30.7. The number of amides is 2. The van der Waals surface area contributed by atoms with Gasteiger partial charge in [-0.3, -0.25) is 19.6 Å². The molecule has 4 aliphatic rings. The zero-order valence-corrected chi connectivity index (χ0v) is 26.3. The minimum atomic E-state index is -0.258. The van der Waals surface area contributed by atoms with Crippen LogP contribution in [0, 0.1) is 0 Å². The van der Waals surface area contributed by atoms with Crippen LogP contribution in [0.2, 0.25) is 0 Å². The maximum absolute atomic E-state index is 13.5. The highest BCUT2D eigenvalue weighted by atomic mass is 16.5.